The van der Waals surface area contributed by atoms with Crippen LogP contribution in [-0.4, -0.2) is 28.9 Å². The zero-order valence-electron chi connectivity index (χ0n) is 13.8. The number of carbonyl (C=O) groups excluding carboxylic acids is 1. The Balaban J connectivity index is 1.60. The van der Waals surface area contributed by atoms with E-state index in [0.717, 1.165) is 31.2 Å². The summed E-state index contributed by atoms with van der Waals surface area (Å²) in [5.74, 6) is 0.0865. The molecule has 0 aliphatic carbocycles. The minimum absolute atomic E-state index is 0.0238. The number of pyridine rings is 1. The van der Waals surface area contributed by atoms with E-state index >= 15 is 0 Å². The molecule has 2 heterocycles. The monoisotopic (exact) mass is 362 g/mol. The first-order valence-electron chi connectivity index (χ1n) is 8.45. The van der Waals surface area contributed by atoms with E-state index in [-0.39, 0.29) is 16.7 Å². The zero-order valence-corrected chi connectivity index (χ0v) is 14.6. The summed E-state index contributed by atoms with van der Waals surface area (Å²) in [6.07, 6.45) is 5.28. The number of nitrogens with zero attached hydrogens (tertiary/aromatic N) is 1. The Morgan fingerprint density at radius 3 is 2.80 bits per heavy atom. The third-order valence-electron chi connectivity index (χ3n) is 4.67. The Labute approximate surface area is 150 Å². The van der Waals surface area contributed by atoms with Gasteiger partial charge in [-0.25, -0.2) is 4.39 Å². The highest BCUT2D eigenvalue weighted by molar-refractivity contribution is 6.30. The number of nitrogens with one attached hydrogen (secondary N) is 1. The van der Waals surface area contributed by atoms with Gasteiger partial charge in [-0.1, -0.05) is 23.7 Å². The van der Waals surface area contributed by atoms with Crippen molar-refractivity contribution in [3.8, 4) is 0 Å². The van der Waals surface area contributed by atoms with Gasteiger partial charge in [-0.2, -0.15) is 0 Å². The van der Waals surface area contributed by atoms with Gasteiger partial charge in [0.2, 0.25) is 0 Å². The summed E-state index contributed by atoms with van der Waals surface area (Å²) >= 11 is 5.81. The largest absolute Gasteiger partial charge is 0.338 e. The fourth-order valence-electron chi connectivity index (χ4n) is 3.27. The number of H-pyrrole nitrogens is 1. The Hall–Kier alpha value is -2.14. The predicted octanol–water partition coefficient (Wildman–Crippen LogP) is 3.65. The van der Waals surface area contributed by atoms with Gasteiger partial charge in [0.1, 0.15) is 10.8 Å². The molecule has 6 heteroatoms. The zero-order chi connectivity index (χ0) is 17.8. The number of aromatic nitrogens is 1. The van der Waals surface area contributed by atoms with E-state index < -0.39 is 5.56 Å². The molecule has 1 unspecified atom stereocenters. The topological polar surface area (TPSA) is 53.2 Å². The Bertz CT molecular complexity index is 804. The van der Waals surface area contributed by atoms with Crippen molar-refractivity contribution in [3.05, 3.63) is 68.8 Å². The van der Waals surface area contributed by atoms with Crippen LogP contribution in [0, 0.1) is 11.7 Å². The van der Waals surface area contributed by atoms with E-state index in [2.05, 4.69) is 4.98 Å². The molecule has 0 bridgehead atoms. The SMILES string of the molecule is O=C(c1c[nH]c(=O)c(Cl)c1)N1CCCC(CCc2ccc(F)cc2)C1. The van der Waals surface area contributed by atoms with Crippen molar-refractivity contribution >= 4 is 17.5 Å². The minimum atomic E-state index is -0.394. The van der Waals surface area contributed by atoms with Crippen molar-refractivity contribution in [1.82, 2.24) is 9.88 Å². The van der Waals surface area contributed by atoms with Crippen LogP contribution < -0.4 is 5.56 Å². The van der Waals surface area contributed by atoms with Gasteiger partial charge in [0.25, 0.3) is 11.5 Å². The molecule has 1 saturated heterocycles. The van der Waals surface area contributed by atoms with Crippen LogP contribution in [-0.2, 0) is 6.42 Å². The van der Waals surface area contributed by atoms with Crippen molar-refractivity contribution < 1.29 is 9.18 Å². The summed E-state index contributed by atoms with van der Waals surface area (Å²) in [4.78, 5) is 28.3. The highest BCUT2D eigenvalue weighted by Crippen LogP contribution is 2.23. The number of carbonyl (C=O) groups is 1. The molecule has 3 rings (SSSR count). The number of piperidine rings is 1. The fourth-order valence-corrected chi connectivity index (χ4v) is 3.44. The molecular formula is C19H20ClFN2O2. The van der Waals surface area contributed by atoms with E-state index in [1.807, 2.05) is 17.0 Å². The summed E-state index contributed by atoms with van der Waals surface area (Å²) in [6, 6.07) is 8.00. The first kappa shape index (κ1) is 17.7. The highest BCUT2D eigenvalue weighted by Gasteiger charge is 2.24. The van der Waals surface area contributed by atoms with Crippen molar-refractivity contribution in [2.75, 3.05) is 13.1 Å². The average Bonchev–Trinajstić information content (AvgIpc) is 2.63. The molecule has 2 aromatic rings. The predicted molar refractivity (Wildman–Crippen MR) is 95.4 cm³/mol. The van der Waals surface area contributed by atoms with Gasteiger partial charge in [0, 0.05) is 19.3 Å². The maximum absolute atomic E-state index is 13.0. The van der Waals surface area contributed by atoms with Crippen LogP contribution in [0.5, 0.6) is 0 Å². The van der Waals surface area contributed by atoms with Crippen LogP contribution in [0.2, 0.25) is 5.02 Å². The van der Waals surface area contributed by atoms with E-state index in [9.17, 15) is 14.0 Å². The number of aromatic amines is 1. The second-order valence-electron chi connectivity index (χ2n) is 6.49. The summed E-state index contributed by atoms with van der Waals surface area (Å²) < 4.78 is 13.0. The molecule has 1 aromatic heterocycles. The summed E-state index contributed by atoms with van der Waals surface area (Å²) in [5.41, 5.74) is 1.12. The molecular weight excluding hydrogens is 343 g/mol. The lowest BCUT2D eigenvalue weighted by molar-refractivity contribution is 0.0668. The summed E-state index contributed by atoms with van der Waals surface area (Å²) in [5, 5.41) is 0.0238. The molecule has 1 amide bonds. The van der Waals surface area contributed by atoms with Gasteiger partial charge >= 0.3 is 0 Å². The van der Waals surface area contributed by atoms with Crippen LogP contribution in [0.4, 0.5) is 4.39 Å². The van der Waals surface area contributed by atoms with Crippen molar-refractivity contribution in [2.24, 2.45) is 5.92 Å². The number of amides is 1. The second-order valence-corrected chi connectivity index (χ2v) is 6.90. The standard InChI is InChI=1S/C19H20ClFN2O2/c20-17-10-15(11-22-18(17)24)19(25)23-9-1-2-14(12-23)4-3-13-5-7-16(21)8-6-13/h5-8,10-11,14H,1-4,9,12H2,(H,22,24). The smallest absolute Gasteiger partial charge is 0.266 e. The molecule has 1 aliphatic rings. The molecule has 0 saturated carbocycles. The maximum Gasteiger partial charge on any atom is 0.266 e. The first-order valence-corrected chi connectivity index (χ1v) is 8.82. The number of halogens is 2. The Morgan fingerprint density at radius 2 is 2.08 bits per heavy atom. The number of aryl methyl sites for hydroxylation is 1. The maximum atomic E-state index is 13.0. The molecule has 4 nitrogen and oxygen atoms in total. The van der Waals surface area contributed by atoms with Crippen LogP contribution in [0.15, 0.2) is 41.3 Å². The molecule has 1 aromatic carbocycles. The highest BCUT2D eigenvalue weighted by atomic mass is 35.5. The molecule has 1 N–H and O–H groups in total. The van der Waals surface area contributed by atoms with Gasteiger partial charge in [-0.15, -0.1) is 0 Å². The number of rotatable bonds is 4. The number of likely N-dealkylation sites (tertiary alicyclic amines) is 1. The lowest BCUT2D eigenvalue weighted by atomic mass is 9.91. The molecule has 1 fully saturated rings. The summed E-state index contributed by atoms with van der Waals surface area (Å²) in [7, 11) is 0. The van der Waals surface area contributed by atoms with Gasteiger partial charge in [0.15, 0.2) is 0 Å². The number of hydrogen-bond acceptors (Lipinski definition) is 2. The second kappa shape index (κ2) is 7.83. The molecule has 1 atom stereocenters. The van der Waals surface area contributed by atoms with Gasteiger partial charge < -0.3 is 9.88 Å². The van der Waals surface area contributed by atoms with Crippen LogP contribution in [0.1, 0.15) is 35.2 Å². The van der Waals surface area contributed by atoms with Gasteiger partial charge in [0.05, 0.1) is 5.56 Å². The molecule has 0 radical (unpaired) electrons. The van der Waals surface area contributed by atoms with Crippen LogP contribution in [0.25, 0.3) is 0 Å². The van der Waals surface area contributed by atoms with Crippen LogP contribution in [0.3, 0.4) is 0 Å². The third kappa shape index (κ3) is 4.48. The molecule has 1 aliphatic heterocycles. The van der Waals surface area contributed by atoms with Crippen molar-refractivity contribution in [1.29, 1.82) is 0 Å². The van der Waals surface area contributed by atoms with E-state index in [4.69, 9.17) is 11.6 Å². The lowest BCUT2D eigenvalue weighted by Gasteiger charge is -2.33. The van der Waals surface area contributed by atoms with E-state index in [1.165, 1.54) is 24.4 Å². The lowest BCUT2D eigenvalue weighted by Crippen LogP contribution is -2.40. The van der Waals surface area contributed by atoms with Crippen molar-refractivity contribution in [2.45, 2.75) is 25.7 Å². The minimum Gasteiger partial charge on any atom is -0.338 e. The summed E-state index contributed by atoms with van der Waals surface area (Å²) in [6.45, 7) is 1.40. The van der Waals surface area contributed by atoms with E-state index in [0.29, 0.717) is 24.6 Å². The Morgan fingerprint density at radius 1 is 1.32 bits per heavy atom. The number of hydrogen-bond donors (Lipinski definition) is 1. The van der Waals surface area contributed by atoms with Crippen LogP contribution >= 0.6 is 11.6 Å². The number of benzene rings is 1. The Kier molecular flexibility index (Phi) is 5.53. The third-order valence-corrected chi connectivity index (χ3v) is 4.95. The van der Waals surface area contributed by atoms with E-state index in [1.54, 1.807) is 0 Å². The molecule has 0 spiro atoms. The quantitative estimate of drug-likeness (QED) is 0.902. The van der Waals surface area contributed by atoms with Gasteiger partial charge in [-0.3, -0.25) is 9.59 Å². The first-order chi connectivity index (χ1) is 12.0. The fraction of sp³-hybridized carbons (Fsp3) is 0.368. The van der Waals surface area contributed by atoms with Crippen molar-refractivity contribution in [3.63, 3.8) is 0 Å². The molecule has 25 heavy (non-hydrogen) atoms. The molecule has 132 valence electrons. The van der Waals surface area contributed by atoms with Gasteiger partial charge in [-0.05, 0) is 55.4 Å². The average molecular weight is 363 g/mol. The normalized spacial score (nSPS) is 17.5.